The predicted molar refractivity (Wildman–Crippen MR) is 90.5 cm³/mol. The van der Waals surface area contributed by atoms with Gasteiger partial charge in [-0.2, -0.15) is 0 Å². The number of aromatic nitrogens is 4. The van der Waals surface area contributed by atoms with Gasteiger partial charge in [-0.25, -0.2) is 9.97 Å². The Morgan fingerprint density at radius 2 is 2.22 bits per heavy atom. The maximum Gasteiger partial charge on any atom is 0.148 e. The molecule has 0 radical (unpaired) electrons. The van der Waals surface area contributed by atoms with Crippen molar-refractivity contribution in [3.63, 3.8) is 0 Å². The molecule has 0 aliphatic carbocycles. The minimum Gasteiger partial charge on any atom is -0.365 e. The van der Waals surface area contributed by atoms with Crippen LogP contribution in [-0.2, 0) is 0 Å². The van der Waals surface area contributed by atoms with E-state index in [-0.39, 0.29) is 0 Å². The van der Waals surface area contributed by atoms with Crippen LogP contribution in [0.3, 0.4) is 0 Å². The molecule has 118 valence electrons. The lowest BCUT2D eigenvalue weighted by Gasteiger charge is -2.24. The van der Waals surface area contributed by atoms with Gasteiger partial charge in [-0.15, -0.1) is 0 Å². The van der Waals surface area contributed by atoms with E-state index in [2.05, 4.69) is 20.6 Å². The van der Waals surface area contributed by atoms with Gasteiger partial charge in [0.2, 0.25) is 0 Å². The number of fused-ring (bicyclic) bond motifs is 1. The lowest BCUT2D eigenvalue weighted by Crippen LogP contribution is -2.38. The zero-order valence-corrected chi connectivity index (χ0v) is 13.2. The molecule has 1 saturated heterocycles. The van der Waals surface area contributed by atoms with E-state index in [1.165, 1.54) is 6.42 Å². The molecule has 3 aromatic heterocycles. The molecule has 1 unspecified atom stereocenters. The highest BCUT2D eigenvalue weighted by Gasteiger charge is 2.16. The first-order valence-electron chi connectivity index (χ1n) is 8.04. The van der Waals surface area contributed by atoms with Crippen molar-refractivity contribution in [2.24, 2.45) is 0 Å². The second-order valence-corrected chi connectivity index (χ2v) is 5.95. The van der Waals surface area contributed by atoms with Crippen LogP contribution in [0.2, 0.25) is 0 Å². The minimum absolute atomic E-state index is 0.411. The summed E-state index contributed by atoms with van der Waals surface area (Å²) in [5.41, 5.74) is 3.63. The highest BCUT2D eigenvalue weighted by Crippen LogP contribution is 2.22. The van der Waals surface area contributed by atoms with Crippen LogP contribution >= 0.6 is 0 Å². The van der Waals surface area contributed by atoms with Crippen LogP contribution in [0.4, 0.5) is 5.82 Å². The van der Waals surface area contributed by atoms with Crippen molar-refractivity contribution in [2.75, 3.05) is 18.4 Å². The number of rotatable bonds is 3. The SMILES string of the molecule is Cc1ncc(-c2cnc3ccccn23)nc1NC1CCCNC1. The largest absolute Gasteiger partial charge is 0.365 e. The van der Waals surface area contributed by atoms with Crippen molar-refractivity contribution in [3.8, 4) is 11.4 Å². The lowest BCUT2D eigenvalue weighted by atomic mass is 10.1. The van der Waals surface area contributed by atoms with E-state index < -0.39 is 0 Å². The number of nitrogens with one attached hydrogen (secondary N) is 2. The third kappa shape index (κ3) is 2.77. The summed E-state index contributed by atoms with van der Waals surface area (Å²) in [5, 5.41) is 6.95. The van der Waals surface area contributed by atoms with E-state index in [1.54, 1.807) is 0 Å². The van der Waals surface area contributed by atoms with Crippen molar-refractivity contribution in [1.29, 1.82) is 0 Å². The van der Waals surface area contributed by atoms with Gasteiger partial charge in [0, 0.05) is 18.8 Å². The van der Waals surface area contributed by atoms with Crippen LogP contribution < -0.4 is 10.6 Å². The van der Waals surface area contributed by atoms with Gasteiger partial charge in [-0.1, -0.05) is 6.07 Å². The number of aryl methyl sites for hydroxylation is 1. The molecule has 0 spiro atoms. The third-order valence-electron chi connectivity index (χ3n) is 4.27. The van der Waals surface area contributed by atoms with Gasteiger partial charge in [-0.05, 0) is 38.4 Å². The fourth-order valence-corrected chi connectivity index (χ4v) is 3.00. The number of hydrogen-bond donors (Lipinski definition) is 2. The second kappa shape index (κ2) is 5.96. The average Bonchev–Trinajstić information content (AvgIpc) is 3.02. The maximum absolute atomic E-state index is 4.80. The molecule has 6 nitrogen and oxygen atoms in total. The molecule has 0 amide bonds. The topological polar surface area (TPSA) is 67.1 Å². The van der Waals surface area contributed by atoms with Crippen LogP contribution in [0.25, 0.3) is 17.0 Å². The molecule has 2 N–H and O–H groups in total. The maximum atomic E-state index is 4.80. The van der Waals surface area contributed by atoms with E-state index >= 15 is 0 Å². The number of anilines is 1. The van der Waals surface area contributed by atoms with Gasteiger partial charge in [0.1, 0.15) is 17.2 Å². The summed E-state index contributed by atoms with van der Waals surface area (Å²) < 4.78 is 2.03. The van der Waals surface area contributed by atoms with Crippen molar-refractivity contribution < 1.29 is 0 Å². The molecule has 3 aromatic rings. The molecule has 1 fully saturated rings. The van der Waals surface area contributed by atoms with Crippen molar-refractivity contribution in [2.45, 2.75) is 25.8 Å². The Balaban J connectivity index is 1.68. The quantitative estimate of drug-likeness (QED) is 0.777. The summed E-state index contributed by atoms with van der Waals surface area (Å²) in [4.78, 5) is 13.7. The summed E-state index contributed by atoms with van der Waals surface area (Å²) in [5.74, 6) is 0.863. The standard InChI is InChI=1S/C17H20N6/c1-12-17(21-13-5-4-7-18-9-13)22-14(10-19-12)15-11-20-16-6-2-3-8-23(15)16/h2-3,6,8,10-11,13,18H,4-5,7,9H2,1H3,(H,21,22). The zero-order valence-electron chi connectivity index (χ0n) is 13.2. The van der Waals surface area contributed by atoms with Crippen molar-refractivity contribution in [3.05, 3.63) is 42.5 Å². The Morgan fingerprint density at radius 1 is 1.26 bits per heavy atom. The minimum atomic E-state index is 0.411. The number of imidazole rings is 1. The fourth-order valence-electron chi connectivity index (χ4n) is 3.00. The number of piperidine rings is 1. The van der Waals surface area contributed by atoms with E-state index in [0.717, 1.165) is 48.1 Å². The van der Waals surface area contributed by atoms with Crippen molar-refractivity contribution in [1.82, 2.24) is 24.7 Å². The highest BCUT2D eigenvalue weighted by atomic mass is 15.1. The van der Waals surface area contributed by atoms with Crippen LogP contribution in [0.15, 0.2) is 36.8 Å². The first kappa shape index (κ1) is 14.1. The first-order valence-corrected chi connectivity index (χ1v) is 8.04. The Hall–Kier alpha value is -2.47. The Morgan fingerprint density at radius 3 is 3.09 bits per heavy atom. The molecule has 1 aliphatic rings. The van der Waals surface area contributed by atoms with E-state index in [0.29, 0.717) is 6.04 Å². The molecule has 4 heterocycles. The summed E-state index contributed by atoms with van der Waals surface area (Å²) in [7, 11) is 0. The number of pyridine rings is 1. The van der Waals surface area contributed by atoms with Crippen LogP contribution in [0.1, 0.15) is 18.5 Å². The van der Waals surface area contributed by atoms with Gasteiger partial charge >= 0.3 is 0 Å². The van der Waals surface area contributed by atoms with E-state index in [9.17, 15) is 0 Å². The zero-order chi connectivity index (χ0) is 15.6. The van der Waals surface area contributed by atoms with Crippen LogP contribution in [0.5, 0.6) is 0 Å². The molecular formula is C17H20N6. The molecule has 0 aromatic carbocycles. The Labute approximate surface area is 135 Å². The van der Waals surface area contributed by atoms with Gasteiger partial charge in [0.15, 0.2) is 0 Å². The molecular weight excluding hydrogens is 288 g/mol. The molecule has 0 saturated carbocycles. The summed E-state index contributed by atoms with van der Waals surface area (Å²) >= 11 is 0. The van der Waals surface area contributed by atoms with E-state index in [1.807, 2.05) is 48.1 Å². The third-order valence-corrected chi connectivity index (χ3v) is 4.27. The smallest absolute Gasteiger partial charge is 0.148 e. The Kier molecular flexibility index (Phi) is 3.67. The van der Waals surface area contributed by atoms with Gasteiger partial charge in [0.25, 0.3) is 0 Å². The van der Waals surface area contributed by atoms with Gasteiger partial charge in [0.05, 0.1) is 23.8 Å². The summed E-state index contributed by atoms with van der Waals surface area (Å²) in [6, 6.07) is 6.37. The molecule has 1 atom stereocenters. The molecule has 0 bridgehead atoms. The monoisotopic (exact) mass is 308 g/mol. The van der Waals surface area contributed by atoms with E-state index in [4.69, 9.17) is 4.98 Å². The highest BCUT2D eigenvalue weighted by molar-refractivity contribution is 5.61. The molecule has 23 heavy (non-hydrogen) atoms. The molecule has 4 rings (SSSR count). The normalized spacial score (nSPS) is 18.2. The Bertz CT molecular complexity index is 819. The van der Waals surface area contributed by atoms with Crippen LogP contribution in [0, 0.1) is 6.92 Å². The predicted octanol–water partition coefficient (Wildman–Crippen LogP) is 2.26. The average molecular weight is 308 g/mol. The summed E-state index contributed by atoms with van der Waals surface area (Å²) in [6.07, 6.45) is 8.01. The first-order chi connectivity index (χ1) is 11.3. The fraction of sp³-hybridized carbons (Fsp3) is 0.353. The number of nitrogens with zero attached hydrogens (tertiary/aromatic N) is 4. The van der Waals surface area contributed by atoms with Crippen molar-refractivity contribution >= 4 is 11.5 Å². The van der Waals surface area contributed by atoms with Gasteiger partial charge < -0.3 is 10.6 Å². The molecule has 6 heteroatoms. The lowest BCUT2D eigenvalue weighted by molar-refractivity contribution is 0.478. The van der Waals surface area contributed by atoms with Crippen LogP contribution in [-0.4, -0.2) is 38.5 Å². The van der Waals surface area contributed by atoms with Gasteiger partial charge in [-0.3, -0.25) is 9.38 Å². The number of hydrogen-bond acceptors (Lipinski definition) is 5. The second-order valence-electron chi connectivity index (χ2n) is 5.95. The summed E-state index contributed by atoms with van der Waals surface area (Å²) in [6.45, 7) is 4.06. The molecule has 1 aliphatic heterocycles.